The fourth-order valence-electron chi connectivity index (χ4n) is 2.11. The zero-order valence-corrected chi connectivity index (χ0v) is 11.1. The molecule has 1 saturated heterocycles. The van der Waals surface area contributed by atoms with Crippen LogP contribution in [0.15, 0.2) is 0 Å². The maximum Gasteiger partial charge on any atom is 0.410 e. The van der Waals surface area contributed by atoms with Crippen LogP contribution in [0.4, 0.5) is 4.79 Å². The van der Waals surface area contributed by atoms with Gasteiger partial charge >= 0.3 is 6.09 Å². The number of ketones is 1. The molecular formula is C13H23NO3. The number of nitrogens with zero attached hydrogens (tertiary/aromatic N) is 1. The first-order valence-corrected chi connectivity index (χ1v) is 6.43. The number of amides is 1. The second kappa shape index (κ2) is 6.62. The average molecular weight is 241 g/mol. The van der Waals surface area contributed by atoms with Gasteiger partial charge in [-0.1, -0.05) is 13.8 Å². The Bertz CT molecular complexity index is 276. The van der Waals surface area contributed by atoms with E-state index < -0.39 is 0 Å². The van der Waals surface area contributed by atoms with Crippen molar-refractivity contribution in [2.24, 2.45) is 5.92 Å². The van der Waals surface area contributed by atoms with Crippen molar-refractivity contribution in [1.29, 1.82) is 0 Å². The molecule has 1 aliphatic heterocycles. The smallest absolute Gasteiger partial charge is 0.410 e. The minimum absolute atomic E-state index is 0.0425. The van der Waals surface area contributed by atoms with Gasteiger partial charge < -0.3 is 9.64 Å². The average Bonchev–Trinajstić information content (AvgIpc) is 2.25. The fourth-order valence-corrected chi connectivity index (χ4v) is 2.11. The topological polar surface area (TPSA) is 46.6 Å². The van der Waals surface area contributed by atoms with E-state index in [0.29, 0.717) is 18.9 Å². The molecule has 0 aromatic rings. The maximum absolute atomic E-state index is 11.9. The van der Waals surface area contributed by atoms with E-state index in [9.17, 15) is 9.59 Å². The highest BCUT2D eigenvalue weighted by molar-refractivity contribution is 5.77. The minimum Gasteiger partial charge on any atom is -0.449 e. The third-order valence-corrected chi connectivity index (χ3v) is 2.92. The molecule has 0 aromatic heterocycles. The number of hydrogen-bond acceptors (Lipinski definition) is 3. The Hall–Kier alpha value is -1.06. The quantitative estimate of drug-likeness (QED) is 0.760. The highest BCUT2D eigenvalue weighted by Crippen LogP contribution is 2.20. The number of likely N-dealkylation sites (tertiary alicyclic amines) is 1. The van der Waals surface area contributed by atoms with Crippen LogP contribution in [-0.4, -0.2) is 36.0 Å². The second-order valence-corrected chi connectivity index (χ2v) is 5.22. The van der Waals surface area contributed by atoms with Gasteiger partial charge in [0, 0.05) is 19.0 Å². The van der Waals surface area contributed by atoms with Gasteiger partial charge in [-0.15, -0.1) is 0 Å². The number of Topliss-reactive ketones (excluding diaryl/α,β-unsaturated/α-hetero) is 1. The molecule has 1 aliphatic rings. The molecule has 1 unspecified atom stereocenters. The predicted octanol–water partition coefficient (Wildman–Crippen LogP) is 2.61. The van der Waals surface area contributed by atoms with Gasteiger partial charge in [-0.05, 0) is 32.1 Å². The normalized spacial score (nSPS) is 20.5. The van der Waals surface area contributed by atoms with Crippen LogP contribution in [0, 0.1) is 5.92 Å². The summed E-state index contributed by atoms with van der Waals surface area (Å²) in [6.45, 7) is 6.76. The molecule has 0 bridgehead atoms. The van der Waals surface area contributed by atoms with Crippen LogP contribution in [0.5, 0.6) is 0 Å². The Morgan fingerprint density at radius 3 is 2.65 bits per heavy atom. The van der Waals surface area contributed by atoms with Crippen molar-refractivity contribution in [2.45, 2.75) is 52.5 Å². The van der Waals surface area contributed by atoms with E-state index in [4.69, 9.17) is 4.74 Å². The number of carbonyl (C=O) groups is 2. The summed E-state index contributed by atoms with van der Waals surface area (Å²) in [5.41, 5.74) is 0. The largest absolute Gasteiger partial charge is 0.449 e. The summed E-state index contributed by atoms with van der Waals surface area (Å²) in [5, 5.41) is 0. The Morgan fingerprint density at radius 2 is 2.06 bits per heavy atom. The third kappa shape index (κ3) is 4.75. The number of hydrogen-bond donors (Lipinski definition) is 0. The van der Waals surface area contributed by atoms with Gasteiger partial charge in [-0.2, -0.15) is 0 Å². The molecule has 17 heavy (non-hydrogen) atoms. The van der Waals surface area contributed by atoms with Crippen LogP contribution < -0.4 is 0 Å². The van der Waals surface area contributed by atoms with Crippen LogP contribution in [0.3, 0.4) is 0 Å². The lowest BCUT2D eigenvalue weighted by Crippen LogP contribution is -2.45. The number of carbonyl (C=O) groups excluding carboxylic acids is 2. The summed E-state index contributed by atoms with van der Waals surface area (Å²) in [6.07, 6.45) is 3.20. The molecular weight excluding hydrogens is 218 g/mol. The summed E-state index contributed by atoms with van der Waals surface area (Å²) < 4.78 is 5.23. The summed E-state index contributed by atoms with van der Waals surface area (Å²) in [6, 6.07) is 0.0425. The summed E-state index contributed by atoms with van der Waals surface area (Å²) in [4.78, 5) is 24.8. The molecule has 1 atom stereocenters. The van der Waals surface area contributed by atoms with Gasteiger partial charge in [0.15, 0.2) is 0 Å². The molecule has 1 fully saturated rings. The first-order valence-electron chi connectivity index (χ1n) is 6.43. The number of ether oxygens (including phenoxy) is 1. The highest BCUT2D eigenvalue weighted by Gasteiger charge is 2.28. The lowest BCUT2D eigenvalue weighted by molar-refractivity contribution is -0.118. The lowest BCUT2D eigenvalue weighted by atomic mass is 9.98. The van der Waals surface area contributed by atoms with E-state index in [1.165, 1.54) is 0 Å². The van der Waals surface area contributed by atoms with Gasteiger partial charge in [-0.3, -0.25) is 4.79 Å². The molecule has 0 aliphatic carbocycles. The van der Waals surface area contributed by atoms with Crippen LogP contribution >= 0.6 is 0 Å². The first-order chi connectivity index (χ1) is 8.00. The Kier molecular flexibility index (Phi) is 5.45. The molecule has 4 heteroatoms. The van der Waals surface area contributed by atoms with Crippen LogP contribution in [0.2, 0.25) is 0 Å². The molecule has 98 valence electrons. The van der Waals surface area contributed by atoms with Gasteiger partial charge in [0.05, 0.1) is 6.61 Å². The Morgan fingerprint density at radius 1 is 1.35 bits per heavy atom. The molecule has 1 rings (SSSR count). The van der Waals surface area contributed by atoms with Crippen molar-refractivity contribution in [3.63, 3.8) is 0 Å². The van der Waals surface area contributed by atoms with E-state index in [2.05, 4.69) is 0 Å². The van der Waals surface area contributed by atoms with E-state index >= 15 is 0 Å². The molecule has 0 radical (unpaired) electrons. The zero-order valence-electron chi connectivity index (χ0n) is 11.1. The predicted molar refractivity (Wildman–Crippen MR) is 65.8 cm³/mol. The zero-order chi connectivity index (χ0) is 12.8. The molecule has 0 spiro atoms. The van der Waals surface area contributed by atoms with Crippen molar-refractivity contribution < 1.29 is 14.3 Å². The van der Waals surface area contributed by atoms with Gasteiger partial charge in [0.1, 0.15) is 5.78 Å². The van der Waals surface area contributed by atoms with E-state index in [0.717, 1.165) is 25.8 Å². The third-order valence-electron chi connectivity index (χ3n) is 2.92. The van der Waals surface area contributed by atoms with Crippen LogP contribution in [-0.2, 0) is 9.53 Å². The molecule has 1 amide bonds. The monoisotopic (exact) mass is 241 g/mol. The highest BCUT2D eigenvalue weighted by atomic mass is 16.6. The van der Waals surface area contributed by atoms with Crippen molar-refractivity contribution >= 4 is 11.9 Å². The van der Waals surface area contributed by atoms with Crippen molar-refractivity contribution in [1.82, 2.24) is 4.90 Å². The molecule has 1 heterocycles. The first kappa shape index (κ1) is 14.0. The standard InChI is InChI=1S/C13H23NO3/c1-10(2)9-17-13(16)14-7-5-4-6-12(14)8-11(3)15/h10,12H,4-9H2,1-3H3. The Labute approximate surface area is 103 Å². The SMILES string of the molecule is CC(=O)CC1CCCCN1C(=O)OCC(C)C. The number of rotatable bonds is 4. The van der Waals surface area contributed by atoms with Crippen LogP contribution in [0.1, 0.15) is 46.5 Å². The minimum atomic E-state index is -0.260. The van der Waals surface area contributed by atoms with E-state index in [1.807, 2.05) is 13.8 Å². The van der Waals surface area contributed by atoms with E-state index in [1.54, 1.807) is 11.8 Å². The molecule has 0 N–H and O–H groups in total. The maximum atomic E-state index is 11.9. The summed E-state index contributed by atoms with van der Waals surface area (Å²) >= 11 is 0. The van der Waals surface area contributed by atoms with Gasteiger partial charge in [-0.25, -0.2) is 4.79 Å². The molecule has 0 saturated carbocycles. The number of piperidine rings is 1. The van der Waals surface area contributed by atoms with Crippen molar-refractivity contribution in [3.8, 4) is 0 Å². The Balaban J connectivity index is 2.51. The molecule has 4 nitrogen and oxygen atoms in total. The van der Waals surface area contributed by atoms with Crippen molar-refractivity contribution in [3.05, 3.63) is 0 Å². The van der Waals surface area contributed by atoms with E-state index in [-0.39, 0.29) is 17.9 Å². The van der Waals surface area contributed by atoms with Gasteiger partial charge in [0.25, 0.3) is 0 Å². The van der Waals surface area contributed by atoms with Gasteiger partial charge in [0.2, 0.25) is 0 Å². The fraction of sp³-hybridized carbons (Fsp3) is 0.846. The van der Waals surface area contributed by atoms with Crippen LogP contribution in [0.25, 0.3) is 0 Å². The summed E-state index contributed by atoms with van der Waals surface area (Å²) in [5.74, 6) is 0.480. The summed E-state index contributed by atoms with van der Waals surface area (Å²) in [7, 11) is 0. The lowest BCUT2D eigenvalue weighted by Gasteiger charge is -2.34. The second-order valence-electron chi connectivity index (χ2n) is 5.22. The van der Waals surface area contributed by atoms with Crippen molar-refractivity contribution in [2.75, 3.05) is 13.2 Å². The molecule has 0 aromatic carbocycles.